The molecule has 3 rings (SSSR count). The van der Waals surface area contributed by atoms with Crippen LogP contribution in [0.5, 0.6) is 0 Å². The van der Waals surface area contributed by atoms with Gasteiger partial charge in [0.05, 0.1) is 11.8 Å². The Morgan fingerprint density at radius 2 is 2.10 bits per heavy atom. The van der Waals surface area contributed by atoms with Crippen molar-refractivity contribution in [2.45, 2.75) is 43.3 Å². The quantitative estimate of drug-likeness (QED) is 0.528. The van der Waals surface area contributed by atoms with Crippen molar-refractivity contribution in [3.63, 3.8) is 0 Å². The van der Waals surface area contributed by atoms with Gasteiger partial charge in [0.15, 0.2) is 11.6 Å². The van der Waals surface area contributed by atoms with Crippen LogP contribution in [0.4, 0.5) is 19.3 Å². The van der Waals surface area contributed by atoms with Crippen LogP contribution < -0.4 is 21.5 Å². The van der Waals surface area contributed by atoms with Gasteiger partial charge in [-0.3, -0.25) is 10.2 Å². The molecule has 1 aromatic rings. The number of hydrogen-bond donors (Lipinski definition) is 4. The molecule has 4 atom stereocenters. The summed E-state index contributed by atoms with van der Waals surface area (Å²) in [5.41, 5.74) is 5.36. The number of benzene rings is 1. The topological polar surface area (TPSA) is 143 Å². The zero-order chi connectivity index (χ0) is 22.2. The summed E-state index contributed by atoms with van der Waals surface area (Å²) in [5, 5.41) is 13.7. The highest BCUT2D eigenvalue weighted by molar-refractivity contribution is 7.90. The number of nitriles is 1. The number of hydrogen-bond acceptors (Lipinski definition) is 7. The van der Waals surface area contributed by atoms with Gasteiger partial charge in [0.25, 0.3) is 10.0 Å². The van der Waals surface area contributed by atoms with Gasteiger partial charge >= 0.3 is 6.03 Å². The fourth-order valence-corrected chi connectivity index (χ4v) is 5.07. The molecule has 4 N–H and O–H groups in total. The van der Waals surface area contributed by atoms with E-state index in [0.29, 0.717) is 12.5 Å². The average Bonchev–Trinajstić information content (AvgIpc) is 2.67. The maximum atomic E-state index is 14.1. The predicted octanol–water partition coefficient (Wildman–Crippen LogP) is 0.400. The lowest BCUT2D eigenvalue weighted by Gasteiger charge is -2.37. The Hall–Kier alpha value is -2.82. The molecule has 2 aliphatic heterocycles. The van der Waals surface area contributed by atoms with E-state index >= 15 is 0 Å². The zero-order valence-electron chi connectivity index (χ0n) is 16.1. The van der Waals surface area contributed by atoms with Gasteiger partial charge in [-0.2, -0.15) is 5.26 Å². The second kappa shape index (κ2) is 8.13. The van der Waals surface area contributed by atoms with Gasteiger partial charge in [-0.15, -0.1) is 0 Å². The molecule has 0 radical (unpaired) electrons. The van der Waals surface area contributed by atoms with E-state index in [4.69, 9.17) is 5.26 Å². The first-order valence-corrected chi connectivity index (χ1v) is 10.5. The second-order valence-corrected chi connectivity index (χ2v) is 9.04. The number of halogens is 2. The largest absolute Gasteiger partial charge is 0.350 e. The molecule has 13 heteroatoms. The van der Waals surface area contributed by atoms with E-state index in [-0.39, 0.29) is 22.3 Å². The lowest BCUT2D eigenvalue weighted by molar-refractivity contribution is -0.121. The molecule has 2 heterocycles. The number of carbonyl (C=O) groups is 2. The van der Waals surface area contributed by atoms with Crippen molar-refractivity contribution in [2.75, 3.05) is 11.9 Å². The number of amides is 3. The number of nitrogens with one attached hydrogen (secondary N) is 4. The molecule has 3 amide bonds. The van der Waals surface area contributed by atoms with E-state index in [1.807, 2.05) is 6.92 Å². The van der Waals surface area contributed by atoms with Crippen molar-refractivity contribution < 1.29 is 26.8 Å². The number of hydrazine groups is 1. The summed E-state index contributed by atoms with van der Waals surface area (Å²) in [6.07, 6.45) is 0.541. The minimum absolute atomic E-state index is 0.0113. The second-order valence-electron chi connectivity index (χ2n) is 7.25. The summed E-state index contributed by atoms with van der Waals surface area (Å²) in [6, 6.07) is 1.42. The maximum Gasteiger partial charge on any atom is 0.336 e. The monoisotopic (exact) mass is 442 g/mol. The van der Waals surface area contributed by atoms with Crippen LogP contribution in [0.1, 0.15) is 20.3 Å². The summed E-state index contributed by atoms with van der Waals surface area (Å²) >= 11 is 0. The number of rotatable bonds is 4. The Labute approximate surface area is 171 Å². The van der Waals surface area contributed by atoms with Gasteiger partial charge in [-0.05, 0) is 31.4 Å². The van der Waals surface area contributed by atoms with Crippen molar-refractivity contribution in [3.8, 4) is 6.07 Å². The molecule has 10 nitrogen and oxygen atoms in total. The van der Waals surface area contributed by atoms with Crippen molar-refractivity contribution in [1.82, 2.24) is 20.5 Å². The van der Waals surface area contributed by atoms with E-state index in [0.717, 1.165) is 6.07 Å². The number of nitrogens with zero attached hydrogens (tertiary/aromatic N) is 2. The van der Waals surface area contributed by atoms with Gasteiger partial charge in [0.2, 0.25) is 5.91 Å². The first-order chi connectivity index (χ1) is 14.1. The van der Waals surface area contributed by atoms with Crippen molar-refractivity contribution in [3.05, 3.63) is 23.8 Å². The molecule has 1 saturated heterocycles. The summed E-state index contributed by atoms with van der Waals surface area (Å²) in [5.74, 6) is -3.83. The molecule has 1 fully saturated rings. The van der Waals surface area contributed by atoms with E-state index < -0.39 is 56.8 Å². The van der Waals surface area contributed by atoms with Gasteiger partial charge in [0, 0.05) is 12.1 Å². The van der Waals surface area contributed by atoms with Gasteiger partial charge in [-0.25, -0.2) is 31.7 Å². The molecule has 0 aliphatic carbocycles. The smallest absolute Gasteiger partial charge is 0.336 e. The molecular formula is C17H20F2N6O4S. The highest BCUT2D eigenvalue weighted by Crippen LogP contribution is 2.33. The predicted molar refractivity (Wildman–Crippen MR) is 100 cm³/mol. The number of sulfonamides is 1. The third kappa shape index (κ3) is 3.93. The van der Waals surface area contributed by atoms with E-state index in [1.54, 1.807) is 6.92 Å². The molecular weight excluding hydrogens is 422 g/mol. The van der Waals surface area contributed by atoms with Crippen LogP contribution in [0, 0.1) is 28.9 Å². The van der Waals surface area contributed by atoms with Gasteiger partial charge < -0.3 is 10.6 Å². The highest BCUT2D eigenvalue weighted by atomic mass is 32.2. The van der Waals surface area contributed by atoms with Crippen LogP contribution in [-0.2, 0) is 14.8 Å². The third-order valence-corrected chi connectivity index (χ3v) is 6.87. The molecule has 0 spiro atoms. The van der Waals surface area contributed by atoms with Gasteiger partial charge in [0.1, 0.15) is 17.5 Å². The average molecular weight is 442 g/mol. The number of anilines is 1. The Morgan fingerprint density at radius 3 is 2.73 bits per heavy atom. The normalized spacial score (nSPS) is 26.2. The summed E-state index contributed by atoms with van der Waals surface area (Å²) in [6.45, 7) is 2.65. The minimum Gasteiger partial charge on any atom is -0.350 e. The van der Waals surface area contributed by atoms with Crippen LogP contribution in [0.15, 0.2) is 17.0 Å². The highest BCUT2D eigenvalue weighted by Gasteiger charge is 2.41. The molecule has 0 aromatic heterocycles. The Balaban J connectivity index is 1.73. The molecule has 3 unspecified atom stereocenters. The molecule has 162 valence electrons. The summed E-state index contributed by atoms with van der Waals surface area (Å²) in [4.78, 5) is 23.6. The Kier molecular flexibility index (Phi) is 5.93. The lowest BCUT2D eigenvalue weighted by Crippen LogP contribution is -2.62. The third-order valence-electron chi connectivity index (χ3n) is 5.08. The maximum absolute atomic E-state index is 14.1. The van der Waals surface area contributed by atoms with E-state index in [2.05, 4.69) is 27.6 Å². The lowest BCUT2D eigenvalue weighted by atomic mass is 9.89. The van der Waals surface area contributed by atoms with Crippen molar-refractivity contribution in [2.24, 2.45) is 5.92 Å². The Bertz CT molecular complexity index is 1030. The molecule has 1 aromatic carbocycles. The standard InChI is InChI=1S/C17H20F2N6O4S/c1-8-5-10(6-20)23-24-15(8)9(2)21-13(26)7-25-17(27)22-12-4-3-11(18)14(19)16(12)30(25,28)29/h3-4,8-10,15,23-24H,5,7H2,1-2H3,(H,21,26)(H,22,27)/t8?,9-,10?,15?/m0/s1. The number of urea groups is 1. The molecule has 0 bridgehead atoms. The van der Waals surface area contributed by atoms with Crippen LogP contribution in [-0.4, -0.2) is 49.3 Å². The van der Waals surface area contributed by atoms with Crippen LogP contribution in [0.3, 0.4) is 0 Å². The molecule has 0 saturated carbocycles. The summed E-state index contributed by atoms with van der Waals surface area (Å²) < 4.78 is 53.1. The fourth-order valence-electron chi connectivity index (χ4n) is 3.58. The Morgan fingerprint density at radius 1 is 1.40 bits per heavy atom. The SMILES string of the molecule is CC1CC(C#N)NNC1[C@H](C)NC(=O)CN1C(=O)Nc2ccc(F)c(F)c2S1(=O)=O. The fraction of sp³-hybridized carbons (Fsp3) is 0.471. The van der Waals surface area contributed by atoms with Crippen molar-refractivity contribution in [1.29, 1.82) is 5.26 Å². The van der Waals surface area contributed by atoms with Crippen LogP contribution >= 0.6 is 0 Å². The zero-order valence-corrected chi connectivity index (χ0v) is 16.9. The molecule has 30 heavy (non-hydrogen) atoms. The van der Waals surface area contributed by atoms with E-state index in [9.17, 15) is 26.8 Å². The number of fused-ring (bicyclic) bond motifs is 1. The summed E-state index contributed by atoms with van der Waals surface area (Å²) in [7, 11) is -4.78. The molecule has 2 aliphatic rings. The van der Waals surface area contributed by atoms with Gasteiger partial charge in [-0.1, -0.05) is 6.92 Å². The van der Waals surface area contributed by atoms with Crippen LogP contribution in [0.25, 0.3) is 0 Å². The minimum atomic E-state index is -4.78. The van der Waals surface area contributed by atoms with Crippen LogP contribution in [0.2, 0.25) is 0 Å². The van der Waals surface area contributed by atoms with E-state index in [1.165, 1.54) is 0 Å². The number of carbonyl (C=O) groups excluding carboxylic acids is 2. The van der Waals surface area contributed by atoms with Crippen molar-refractivity contribution >= 4 is 27.6 Å². The first-order valence-electron chi connectivity index (χ1n) is 9.08. The first kappa shape index (κ1) is 21.9.